The summed E-state index contributed by atoms with van der Waals surface area (Å²) in [6.07, 6.45) is 0. The molecular formula is C7H13NOS. The zero-order chi connectivity index (χ0) is 8.36. The van der Waals surface area contributed by atoms with E-state index < -0.39 is 0 Å². The molecule has 1 N–H and O–H groups in total. The summed E-state index contributed by atoms with van der Waals surface area (Å²) in [4.78, 5) is 11.4. The number of carbonyl (C=O) groups is 1. The fraction of sp³-hybridized carbons (Fsp3) is 0.714. The zero-order valence-corrected chi connectivity index (χ0v) is 7.63. The molecule has 3 heteroatoms. The third kappa shape index (κ3) is 2.43. The van der Waals surface area contributed by atoms with Crippen molar-refractivity contribution in [3.63, 3.8) is 0 Å². The molecule has 58 valence electrons. The van der Waals surface area contributed by atoms with Crippen molar-refractivity contribution >= 4 is 23.0 Å². The lowest BCUT2D eigenvalue weighted by Crippen LogP contribution is -2.34. The Labute approximate surface area is 67.0 Å². The molecular weight excluding hydrogens is 146 g/mol. The van der Waals surface area contributed by atoms with E-state index in [4.69, 9.17) is 12.2 Å². The monoisotopic (exact) mass is 159 g/mol. The van der Waals surface area contributed by atoms with Gasteiger partial charge >= 0.3 is 0 Å². The second kappa shape index (κ2) is 3.10. The number of thiocarbonyl (C=S) groups is 1. The van der Waals surface area contributed by atoms with E-state index in [1.807, 2.05) is 20.8 Å². The molecule has 0 aromatic carbocycles. The predicted molar refractivity (Wildman–Crippen MR) is 46.1 cm³/mol. The molecule has 0 rings (SSSR count). The van der Waals surface area contributed by atoms with E-state index >= 15 is 0 Å². The SMILES string of the molecule is CNC(=O)C(=S)C(C)(C)C. The van der Waals surface area contributed by atoms with Gasteiger partial charge in [-0.15, -0.1) is 0 Å². The molecule has 1 amide bonds. The largest absolute Gasteiger partial charge is 0.355 e. The molecule has 0 heterocycles. The minimum Gasteiger partial charge on any atom is -0.355 e. The van der Waals surface area contributed by atoms with Crippen LogP contribution in [0.15, 0.2) is 0 Å². The van der Waals surface area contributed by atoms with Crippen LogP contribution in [0.2, 0.25) is 0 Å². The standard InChI is InChI=1S/C7H13NOS/c1-7(2,3)5(10)6(9)8-4/h1-4H3,(H,8,9). The Balaban J connectivity index is 4.24. The lowest BCUT2D eigenvalue weighted by molar-refractivity contribution is -0.114. The maximum absolute atomic E-state index is 10.9. The van der Waals surface area contributed by atoms with Gasteiger partial charge in [0.1, 0.15) is 0 Å². The molecule has 0 aliphatic rings. The minimum absolute atomic E-state index is 0.150. The van der Waals surface area contributed by atoms with Crippen molar-refractivity contribution in [2.75, 3.05) is 7.05 Å². The molecule has 0 saturated carbocycles. The molecule has 0 bridgehead atoms. The number of carbonyl (C=O) groups excluding carboxylic acids is 1. The van der Waals surface area contributed by atoms with Gasteiger partial charge in [-0.3, -0.25) is 4.79 Å². The number of amides is 1. The van der Waals surface area contributed by atoms with E-state index in [2.05, 4.69) is 5.32 Å². The van der Waals surface area contributed by atoms with Crippen molar-refractivity contribution in [2.24, 2.45) is 5.41 Å². The van der Waals surface area contributed by atoms with Crippen LogP contribution in [0.5, 0.6) is 0 Å². The van der Waals surface area contributed by atoms with Crippen molar-refractivity contribution < 1.29 is 4.79 Å². The smallest absolute Gasteiger partial charge is 0.258 e. The van der Waals surface area contributed by atoms with E-state index in [1.54, 1.807) is 7.05 Å². The fourth-order valence-electron chi connectivity index (χ4n) is 0.454. The van der Waals surface area contributed by atoms with Crippen LogP contribution in [-0.4, -0.2) is 17.8 Å². The molecule has 0 atom stereocenters. The zero-order valence-electron chi connectivity index (χ0n) is 6.82. The maximum atomic E-state index is 10.9. The van der Waals surface area contributed by atoms with Gasteiger partial charge in [-0.2, -0.15) is 0 Å². The Hall–Kier alpha value is -0.440. The summed E-state index contributed by atoms with van der Waals surface area (Å²) in [6, 6.07) is 0. The van der Waals surface area contributed by atoms with Gasteiger partial charge in [0.2, 0.25) is 0 Å². The molecule has 10 heavy (non-hydrogen) atoms. The number of rotatable bonds is 1. The summed E-state index contributed by atoms with van der Waals surface area (Å²) < 4.78 is 0. The van der Waals surface area contributed by atoms with Crippen LogP contribution in [-0.2, 0) is 4.79 Å². The summed E-state index contributed by atoms with van der Waals surface area (Å²) in [5, 5.41) is 2.49. The predicted octanol–water partition coefficient (Wildman–Crippen LogP) is 1.15. The lowest BCUT2D eigenvalue weighted by Gasteiger charge is -2.17. The van der Waals surface area contributed by atoms with E-state index in [9.17, 15) is 4.79 Å². The van der Waals surface area contributed by atoms with Gasteiger partial charge in [-0.05, 0) is 0 Å². The van der Waals surface area contributed by atoms with Crippen molar-refractivity contribution in [1.29, 1.82) is 0 Å². The van der Waals surface area contributed by atoms with Gasteiger partial charge in [-0.1, -0.05) is 33.0 Å². The molecule has 0 aromatic rings. The summed E-state index contributed by atoms with van der Waals surface area (Å²) >= 11 is 4.90. The highest BCUT2D eigenvalue weighted by molar-refractivity contribution is 7.82. The highest BCUT2D eigenvalue weighted by Crippen LogP contribution is 2.15. The minimum atomic E-state index is -0.199. The van der Waals surface area contributed by atoms with Crippen molar-refractivity contribution in [1.82, 2.24) is 5.32 Å². The molecule has 0 aromatic heterocycles. The molecule has 0 fully saturated rings. The topological polar surface area (TPSA) is 29.1 Å². The summed E-state index contributed by atoms with van der Waals surface area (Å²) in [6.45, 7) is 5.76. The highest BCUT2D eigenvalue weighted by atomic mass is 32.1. The Morgan fingerprint density at radius 3 is 1.90 bits per heavy atom. The normalized spacial score (nSPS) is 10.8. The molecule has 0 spiro atoms. The lowest BCUT2D eigenvalue weighted by atomic mass is 9.92. The first kappa shape index (κ1) is 9.56. The summed E-state index contributed by atoms with van der Waals surface area (Å²) in [5.74, 6) is -0.150. The van der Waals surface area contributed by atoms with Crippen LogP contribution in [0, 0.1) is 5.41 Å². The van der Waals surface area contributed by atoms with Gasteiger partial charge in [0.15, 0.2) is 0 Å². The highest BCUT2D eigenvalue weighted by Gasteiger charge is 2.22. The first-order chi connectivity index (χ1) is 4.39. The Kier molecular flexibility index (Phi) is 2.96. The summed E-state index contributed by atoms with van der Waals surface area (Å²) in [5.41, 5.74) is -0.199. The van der Waals surface area contributed by atoms with Gasteiger partial charge in [0.05, 0.1) is 4.86 Å². The molecule has 0 radical (unpaired) electrons. The van der Waals surface area contributed by atoms with Crippen LogP contribution in [0.1, 0.15) is 20.8 Å². The van der Waals surface area contributed by atoms with E-state index in [0.717, 1.165) is 0 Å². The molecule has 0 aliphatic heterocycles. The van der Waals surface area contributed by atoms with Gasteiger partial charge < -0.3 is 5.32 Å². The van der Waals surface area contributed by atoms with Crippen molar-refractivity contribution in [3.05, 3.63) is 0 Å². The Bertz CT molecular complexity index is 157. The van der Waals surface area contributed by atoms with E-state index in [0.29, 0.717) is 4.86 Å². The number of nitrogens with one attached hydrogen (secondary N) is 1. The average molecular weight is 159 g/mol. The number of hydrogen-bond acceptors (Lipinski definition) is 2. The van der Waals surface area contributed by atoms with Crippen LogP contribution in [0.4, 0.5) is 0 Å². The van der Waals surface area contributed by atoms with Gasteiger partial charge in [0.25, 0.3) is 5.91 Å². The molecule has 2 nitrogen and oxygen atoms in total. The van der Waals surface area contributed by atoms with Crippen molar-refractivity contribution in [2.45, 2.75) is 20.8 Å². The van der Waals surface area contributed by atoms with E-state index in [-0.39, 0.29) is 11.3 Å². The van der Waals surface area contributed by atoms with Crippen LogP contribution < -0.4 is 5.32 Å². The quantitative estimate of drug-likeness (QED) is 0.581. The molecule has 0 saturated heterocycles. The van der Waals surface area contributed by atoms with Crippen LogP contribution >= 0.6 is 12.2 Å². The maximum Gasteiger partial charge on any atom is 0.258 e. The Morgan fingerprint density at radius 2 is 1.80 bits per heavy atom. The second-order valence-corrected chi connectivity index (χ2v) is 3.57. The molecule has 0 unspecified atom stereocenters. The Morgan fingerprint density at radius 1 is 1.40 bits per heavy atom. The first-order valence-corrected chi connectivity index (χ1v) is 3.57. The van der Waals surface area contributed by atoms with Crippen LogP contribution in [0.3, 0.4) is 0 Å². The second-order valence-electron chi connectivity index (χ2n) is 3.16. The van der Waals surface area contributed by atoms with Gasteiger partial charge in [-0.25, -0.2) is 0 Å². The fourth-order valence-corrected chi connectivity index (χ4v) is 0.556. The van der Waals surface area contributed by atoms with Crippen molar-refractivity contribution in [3.8, 4) is 0 Å². The third-order valence-corrected chi connectivity index (χ3v) is 1.91. The van der Waals surface area contributed by atoms with Gasteiger partial charge in [0, 0.05) is 12.5 Å². The average Bonchev–Trinajstić information content (AvgIpc) is 1.83. The third-order valence-electron chi connectivity index (χ3n) is 1.11. The molecule has 0 aliphatic carbocycles. The number of hydrogen-bond donors (Lipinski definition) is 1. The van der Waals surface area contributed by atoms with Crippen LogP contribution in [0.25, 0.3) is 0 Å². The van der Waals surface area contributed by atoms with E-state index in [1.165, 1.54) is 0 Å². The summed E-state index contributed by atoms with van der Waals surface area (Å²) in [7, 11) is 1.58. The first-order valence-electron chi connectivity index (χ1n) is 3.16.